The molecule has 0 aromatic heterocycles. The fraction of sp³-hybridized carbons (Fsp3) is 0.115. The van der Waals surface area contributed by atoms with Crippen LogP contribution in [-0.4, -0.2) is 25.5 Å². The van der Waals surface area contributed by atoms with Gasteiger partial charge in [-0.25, -0.2) is 8.42 Å². The largest absolute Gasteiger partial charge is 0.508 e. The third kappa shape index (κ3) is 5.77. The molecule has 6 nitrogen and oxygen atoms in total. The Morgan fingerprint density at radius 3 is 2.18 bits per heavy atom. The van der Waals surface area contributed by atoms with Gasteiger partial charge in [-0.05, 0) is 52.6 Å². The third-order valence-electron chi connectivity index (χ3n) is 5.33. The second-order valence-corrected chi connectivity index (χ2v) is 9.47. The summed E-state index contributed by atoms with van der Waals surface area (Å²) in [6.07, 6.45) is 0.203. The minimum Gasteiger partial charge on any atom is -0.508 e. The van der Waals surface area contributed by atoms with Gasteiger partial charge in [-0.1, -0.05) is 72.8 Å². The Kier molecular flexibility index (Phi) is 6.72. The van der Waals surface area contributed by atoms with Crippen molar-refractivity contribution < 1.29 is 18.3 Å². The lowest BCUT2D eigenvalue weighted by Gasteiger charge is -2.19. The van der Waals surface area contributed by atoms with Crippen molar-refractivity contribution in [3.8, 4) is 5.75 Å². The number of sulfonamides is 1. The van der Waals surface area contributed by atoms with Gasteiger partial charge in [0.2, 0.25) is 15.9 Å². The van der Waals surface area contributed by atoms with E-state index in [1.807, 2.05) is 54.6 Å². The molecule has 4 rings (SSSR count). The summed E-state index contributed by atoms with van der Waals surface area (Å²) in [5.41, 5.74) is 1.63. The van der Waals surface area contributed by atoms with Crippen molar-refractivity contribution in [2.24, 2.45) is 0 Å². The summed E-state index contributed by atoms with van der Waals surface area (Å²) in [4.78, 5) is 13.1. The fourth-order valence-electron chi connectivity index (χ4n) is 3.55. The molecule has 4 aromatic carbocycles. The minimum atomic E-state index is -3.95. The van der Waals surface area contributed by atoms with E-state index in [0.29, 0.717) is 0 Å². The third-order valence-corrected chi connectivity index (χ3v) is 6.80. The first kappa shape index (κ1) is 22.5. The molecule has 3 N–H and O–H groups in total. The van der Waals surface area contributed by atoms with Gasteiger partial charge in [0.25, 0.3) is 0 Å². The average Bonchev–Trinajstić information content (AvgIpc) is 2.83. The van der Waals surface area contributed by atoms with E-state index in [2.05, 4.69) is 10.0 Å². The average molecular weight is 461 g/mol. The summed E-state index contributed by atoms with van der Waals surface area (Å²) in [5, 5.41) is 14.0. The number of nitrogens with one attached hydrogen (secondary N) is 2. The molecular weight excluding hydrogens is 436 g/mol. The highest BCUT2D eigenvalue weighted by Crippen LogP contribution is 2.19. The van der Waals surface area contributed by atoms with Gasteiger partial charge in [-0.3, -0.25) is 4.79 Å². The van der Waals surface area contributed by atoms with Crippen LogP contribution in [-0.2, 0) is 27.8 Å². The summed E-state index contributed by atoms with van der Waals surface area (Å²) < 4.78 is 28.9. The van der Waals surface area contributed by atoms with Crippen LogP contribution in [0.15, 0.2) is 102 Å². The Hall–Kier alpha value is -3.68. The summed E-state index contributed by atoms with van der Waals surface area (Å²) in [5.74, 6) is -0.300. The number of hydrogen-bond acceptors (Lipinski definition) is 4. The molecular formula is C26H24N2O4S. The Morgan fingerprint density at radius 2 is 1.45 bits per heavy atom. The number of benzene rings is 4. The number of hydrogen-bond donors (Lipinski definition) is 3. The first-order valence-corrected chi connectivity index (χ1v) is 12.0. The van der Waals surface area contributed by atoms with E-state index in [0.717, 1.165) is 21.9 Å². The lowest BCUT2D eigenvalue weighted by Crippen LogP contribution is -2.47. The first-order chi connectivity index (χ1) is 15.9. The molecule has 0 heterocycles. The van der Waals surface area contributed by atoms with E-state index in [9.17, 15) is 18.3 Å². The number of aromatic hydroxyl groups is 1. The van der Waals surface area contributed by atoms with Crippen molar-refractivity contribution in [3.05, 3.63) is 108 Å². The number of carbonyl (C=O) groups excluding carboxylic acids is 1. The molecule has 4 aromatic rings. The fourth-order valence-corrected chi connectivity index (χ4v) is 4.78. The predicted molar refractivity (Wildman–Crippen MR) is 128 cm³/mol. The van der Waals surface area contributed by atoms with E-state index in [-0.39, 0.29) is 23.6 Å². The number of amides is 1. The quantitative estimate of drug-likeness (QED) is 0.373. The normalized spacial score (nSPS) is 12.4. The molecule has 0 spiro atoms. The van der Waals surface area contributed by atoms with Gasteiger partial charge in [-0.2, -0.15) is 4.72 Å². The summed E-state index contributed by atoms with van der Waals surface area (Å²) in [7, 11) is -3.95. The maximum Gasteiger partial charge on any atom is 0.241 e. The molecule has 0 aliphatic rings. The zero-order valence-corrected chi connectivity index (χ0v) is 18.6. The van der Waals surface area contributed by atoms with Crippen LogP contribution in [0.5, 0.6) is 5.75 Å². The monoisotopic (exact) mass is 460 g/mol. The summed E-state index contributed by atoms with van der Waals surface area (Å²) >= 11 is 0. The van der Waals surface area contributed by atoms with Crippen LogP contribution in [0.25, 0.3) is 10.8 Å². The van der Waals surface area contributed by atoms with Gasteiger partial charge in [-0.15, -0.1) is 0 Å². The van der Waals surface area contributed by atoms with E-state index in [4.69, 9.17) is 0 Å². The second-order valence-electron chi connectivity index (χ2n) is 7.76. The lowest BCUT2D eigenvalue weighted by atomic mass is 10.1. The van der Waals surface area contributed by atoms with Crippen molar-refractivity contribution in [2.45, 2.75) is 23.9 Å². The van der Waals surface area contributed by atoms with Crippen LogP contribution in [0.4, 0.5) is 0 Å². The molecule has 0 aliphatic heterocycles. The van der Waals surface area contributed by atoms with Crippen LogP contribution < -0.4 is 10.0 Å². The Morgan fingerprint density at radius 1 is 0.788 bits per heavy atom. The van der Waals surface area contributed by atoms with Crippen LogP contribution in [0, 0.1) is 0 Å². The zero-order chi connectivity index (χ0) is 23.3. The Labute approximate surface area is 193 Å². The standard InChI is InChI=1S/C26H24N2O4S/c29-23-13-10-20(11-14-23)18-27-26(30)25(16-19-6-2-1-3-7-19)28-33(31,32)24-15-12-21-8-4-5-9-22(21)17-24/h1-15,17,25,28-29H,16,18H2,(H,27,30). The summed E-state index contributed by atoms with van der Waals surface area (Å²) in [6, 6.07) is 27.1. The molecule has 0 fully saturated rings. The van der Waals surface area contributed by atoms with E-state index in [1.165, 1.54) is 12.1 Å². The van der Waals surface area contributed by atoms with E-state index in [1.54, 1.807) is 30.3 Å². The second kappa shape index (κ2) is 9.85. The van der Waals surface area contributed by atoms with Crippen molar-refractivity contribution in [1.82, 2.24) is 10.0 Å². The van der Waals surface area contributed by atoms with Crippen LogP contribution >= 0.6 is 0 Å². The SMILES string of the molecule is O=C(NCc1ccc(O)cc1)C(Cc1ccccc1)NS(=O)(=O)c1ccc2ccccc2c1. The molecule has 0 saturated heterocycles. The number of carbonyl (C=O) groups is 1. The molecule has 0 bridgehead atoms. The van der Waals surface area contributed by atoms with Gasteiger partial charge >= 0.3 is 0 Å². The molecule has 168 valence electrons. The molecule has 1 unspecified atom stereocenters. The maximum atomic E-state index is 13.2. The zero-order valence-electron chi connectivity index (χ0n) is 17.8. The minimum absolute atomic E-state index is 0.102. The van der Waals surface area contributed by atoms with E-state index >= 15 is 0 Å². The smallest absolute Gasteiger partial charge is 0.241 e. The van der Waals surface area contributed by atoms with Crippen LogP contribution in [0.2, 0.25) is 0 Å². The first-order valence-electron chi connectivity index (χ1n) is 10.5. The highest BCUT2D eigenvalue weighted by molar-refractivity contribution is 7.89. The predicted octanol–water partition coefficient (Wildman–Crippen LogP) is 3.75. The Bertz CT molecular complexity index is 1350. The summed E-state index contributed by atoms with van der Waals surface area (Å²) in [6.45, 7) is 0.210. The topological polar surface area (TPSA) is 95.5 Å². The van der Waals surface area contributed by atoms with Gasteiger partial charge < -0.3 is 10.4 Å². The van der Waals surface area contributed by atoms with E-state index < -0.39 is 22.0 Å². The van der Waals surface area contributed by atoms with Crippen molar-refractivity contribution in [2.75, 3.05) is 0 Å². The van der Waals surface area contributed by atoms with Gasteiger partial charge in [0, 0.05) is 6.54 Å². The number of phenolic OH excluding ortho intramolecular Hbond substituents is 1. The maximum absolute atomic E-state index is 13.2. The van der Waals surface area contributed by atoms with Crippen LogP contribution in [0.1, 0.15) is 11.1 Å². The highest BCUT2D eigenvalue weighted by atomic mass is 32.2. The number of phenols is 1. The van der Waals surface area contributed by atoms with Crippen LogP contribution in [0.3, 0.4) is 0 Å². The molecule has 7 heteroatoms. The lowest BCUT2D eigenvalue weighted by molar-refractivity contribution is -0.122. The molecule has 33 heavy (non-hydrogen) atoms. The number of rotatable bonds is 8. The molecule has 1 amide bonds. The number of fused-ring (bicyclic) bond motifs is 1. The van der Waals surface area contributed by atoms with Crippen molar-refractivity contribution in [1.29, 1.82) is 0 Å². The molecule has 1 atom stereocenters. The molecule has 0 aliphatic carbocycles. The van der Waals surface area contributed by atoms with Crippen molar-refractivity contribution >= 4 is 26.7 Å². The van der Waals surface area contributed by atoms with Crippen molar-refractivity contribution in [3.63, 3.8) is 0 Å². The van der Waals surface area contributed by atoms with Gasteiger partial charge in [0.05, 0.1) is 4.90 Å². The van der Waals surface area contributed by atoms with Gasteiger partial charge in [0.1, 0.15) is 11.8 Å². The molecule has 0 radical (unpaired) electrons. The van der Waals surface area contributed by atoms with Gasteiger partial charge in [0.15, 0.2) is 0 Å². The Balaban J connectivity index is 1.56. The highest BCUT2D eigenvalue weighted by Gasteiger charge is 2.26. The molecule has 0 saturated carbocycles.